The van der Waals surface area contributed by atoms with Crippen molar-refractivity contribution in [1.29, 1.82) is 0 Å². The highest BCUT2D eigenvalue weighted by atomic mass is 16.4. The monoisotopic (exact) mass is 521 g/mol. The Morgan fingerprint density at radius 3 is 2.44 bits per heavy atom. The molecule has 4 rings (SSSR count). The summed E-state index contributed by atoms with van der Waals surface area (Å²) in [6.45, 7) is 9.50. The summed E-state index contributed by atoms with van der Waals surface area (Å²) in [5.74, 6) is -0.339. The largest absolute Gasteiger partial charge is 0.478 e. The van der Waals surface area contributed by atoms with Crippen LogP contribution < -0.4 is 10.6 Å². The SMILES string of the molecule is CCN=CC(=CN)c1ccc2c(c1)CC(C)N(c1ccc(CC(C)C)cc1)C2c1ccc(/C=C/C(=O)O)cc1. The number of rotatable bonds is 9. The molecule has 5 heteroatoms. The van der Waals surface area contributed by atoms with Crippen LogP contribution in [0, 0.1) is 5.92 Å². The number of nitrogens with zero attached hydrogens (tertiary/aromatic N) is 2. The van der Waals surface area contributed by atoms with Gasteiger partial charge in [0.15, 0.2) is 0 Å². The van der Waals surface area contributed by atoms with Crippen molar-refractivity contribution >= 4 is 29.5 Å². The number of hydrogen-bond acceptors (Lipinski definition) is 4. The summed E-state index contributed by atoms with van der Waals surface area (Å²) >= 11 is 0. The van der Waals surface area contributed by atoms with Crippen molar-refractivity contribution in [2.24, 2.45) is 16.6 Å². The third-order valence-electron chi connectivity index (χ3n) is 7.18. The van der Waals surface area contributed by atoms with Crippen molar-refractivity contribution in [2.45, 2.75) is 52.6 Å². The molecule has 2 unspecified atom stereocenters. The van der Waals surface area contributed by atoms with Crippen LogP contribution >= 0.6 is 0 Å². The lowest BCUT2D eigenvalue weighted by atomic mass is 9.83. The highest BCUT2D eigenvalue weighted by molar-refractivity contribution is 6.09. The lowest BCUT2D eigenvalue weighted by Crippen LogP contribution is -2.43. The summed E-state index contributed by atoms with van der Waals surface area (Å²) < 4.78 is 0. The number of benzene rings is 3. The van der Waals surface area contributed by atoms with Gasteiger partial charge in [0.25, 0.3) is 0 Å². The van der Waals surface area contributed by atoms with Gasteiger partial charge >= 0.3 is 5.97 Å². The molecule has 0 saturated carbocycles. The van der Waals surface area contributed by atoms with Crippen LogP contribution in [0.15, 0.2) is 84.0 Å². The Morgan fingerprint density at radius 1 is 1.10 bits per heavy atom. The van der Waals surface area contributed by atoms with Gasteiger partial charge in [-0.25, -0.2) is 4.79 Å². The molecule has 3 N–H and O–H groups in total. The Morgan fingerprint density at radius 2 is 1.82 bits per heavy atom. The van der Waals surface area contributed by atoms with E-state index < -0.39 is 5.97 Å². The molecule has 3 aromatic rings. The molecule has 0 saturated heterocycles. The summed E-state index contributed by atoms with van der Waals surface area (Å²) in [7, 11) is 0. The summed E-state index contributed by atoms with van der Waals surface area (Å²) in [5.41, 5.74) is 15.1. The Bertz CT molecular complexity index is 1370. The minimum Gasteiger partial charge on any atom is -0.478 e. The maximum absolute atomic E-state index is 11.0. The fourth-order valence-electron chi connectivity index (χ4n) is 5.43. The molecule has 5 nitrogen and oxygen atoms in total. The number of aliphatic carboxylic acids is 1. The van der Waals surface area contributed by atoms with Crippen molar-refractivity contribution in [3.63, 3.8) is 0 Å². The van der Waals surface area contributed by atoms with Crippen LogP contribution in [0.4, 0.5) is 5.69 Å². The van der Waals surface area contributed by atoms with Gasteiger partial charge in [-0.05, 0) is 84.2 Å². The first-order valence-corrected chi connectivity index (χ1v) is 13.7. The molecule has 1 aliphatic heterocycles. The molecule has 1 aliphatic rings. The number of carboxylic acids is 1. The predicted molar refractivity (Wildman–Crippen MR) is 163 cm³/mol. The standard InChI is InChI=1S/C34H39N3O2/c1-5-36-22-30(21-35)28-13-16-32-29(20-28)19-24(4)37(31-14-8-26(9-15-31)18-23(2)3)34(32)27-11-6-25(7-12-27)10-17-33(38)39/h6-17,20-24,34H,5,18-19,35H2,1-4H3,(H,38,39)/b17-10+,30-21?,36-22?. The molecule has 0 aromatic heterocycles. The van der Waals surface area contributed by atoms with E-state index in [1.165, 1.54) is 28.5 Å². The average Bonchev–Trinajstić information content (AvgIpc) is 2.92. The van der Waals surface area contributed by atoms with E-state index in [9.17, 15) is 4.79 Å². The van der Waals surface area contributed by atoms with Crippen molar-refractivity contribution in [1.82, 2.24) is 0 Å². The first-order valence-electron chi connectivity index (χ1n) is 13.7. The third kappa shape index (κ3) is 6.66. The van der Waals surface area contributed by atoms with Gasteiger partial charge in [-0.15, -0.1) is 0 Å². The molecule has 0 fully saturated rings. The van der Waals surface area contributed by atoms with Crippen LogP contribution in [0.2, 0.25) is 0 Å². The smallest absolute Gasteiger partial charge is 0.328 e. The molecule has 202 valence electrons. The molecule has 2 atom stereocenters. The van der Waals surface area contributed by atoms with E-state index >= 15 is 0 Å². The lowest BCUT2D eigenvalue weighted by Gasteiger charge is -2.44. The Hall–Kier alpha value is -4.12. The second-order valence-electron chi connectivity index (χ2n) is 10.6. The first kappa shape index (κ1) is 27.9. The summed E-state index contributed by atoms with van der Waals surface area (Å²) in [6.07, 6.45) is 8.24. The second-order valence-corrected chi connectivity index (χ2v) is 10.6. The number of carbonyl (C=O) groups is 1. The van der Waals surface area contributed by atoms with Crippen molar-refractivity contribution in [3.8, 4) is 0 Å². The summed E-state index contributed by atoms with van der Waals surface area (Å²) in [4.78, 5) is 17.9. The Kier molecular flexibility index (Phi) is 9.03. The van der Waals surface area contributed by atoms with Crippen LogP contribution in [0.1, 0.15) is 67.1 Å². The fourth-order valence-corrected chi connectivity index (χ4v) is 5.43. The zero-order chi connectivity index (χ0) is 27.9. The zero-order valence-electron chi connectivity index (χ0n) is 23.3. The third-order valence-corrected chi connectivity index (χ3v) is 7.18. The van der Waals surface area contributed by atoms with Crippen LogP contribution in [0.25, 0.3) is 11.6 Å². The number of fused-ring (bicyclic) bond motifs is 1. The van der Waals surface area contributed by atoms with Crippen LogP contribution in [0.3, 0.4) is 0 Å². The van der Waals surface area contributed by atoms with E-state index in [2.05, 4.69) is 85.3 Å². The molecule has 0 aliphatic carbocycles. The fraction of sp³-hybridized carbons (Fsp3) is 0.294. The van der Waals surface area contributed by atoms with Gasteiger partial charge < -0.3 is 15.7 Å². The van der Waals surface area contributed by atoms with E-state index in [4.69, 9.17) is 10.8 Å². The average molecular weight is 522 g/mol. The van der Waals surface area contributed by atoms with Gasteiger partial charge in [0, 0.05) is 42.3 Å². The van der Waals surface area contributed by atoms with Gasteiger partial charge in [-0.2, -0.15) is 0 Å². The van der Waals surface area contributed by atoms with E-state index in [-0.39, 0.29) is 12.1 Å². The number of nitrogens with two attached hydrogens (primary N) is 1. The molecule has 3 aromatic carbocycles. The molecular formula is C34H39N3O2. The highest BCUT2D eigenvalue weighted by Gasteiger charge is 2.33. The molecule has 39 heavy (non-hydrogen) atoms. The van der Waals surface area contributed by atoms with Gasteiger partial charge in [-0.1, -0.05) is 68.4 Å². The molecule has 0 radical (unpaired) electrons. The molecule has 1 heterocycles. The summed E-state index contributed by atoms with van der Waals surface area (Å²) in [5, 5.41) is 9.01. The topological polar surface area (TPSA) is 78.9 Å². The summed E-state index contributed by atoms with van der Waals surface area (Å²) in [6, 6.07) is 24.1. The number of allylic oxidation sites excluding steroid dienone is 1. The quantitative estimate of drug-likeness (QED) is 0.237. The number of anilines is 1. The maximum atomic E-state index is 11.0. The molecule has 0 bridgehead atoms. The minimum atomic E-state index is -0.952. The van der Waals surface area contributed by atoms with E-state index in [1.807, 2.05) is 25.3 Å². The van der Waals surface area contributed by atoms with E-state index in [0.29, 0.717) is 12.5 Å². The zero-order valence-corrected chi connectivity index (χ0v) is 23.3. The van der Waals surface area contributed by atoms with Gasteiger partial charge in [0.1, 0.15) is 0 Å². The van der Waals surface area contributed by atoms with Crippen LogP contribution in [-0.2, 0) is 17.6 Å². The van der Waals surface area contributed by atoms with E-state index in [1.54, 1.807) is 12.3 Å². The Labute approximate surface area is 232 Å². The first-order chi connectivity index (χ1) is 18.8. The molecule has 0 spiro atoms. The number of carboxylic acid groups (broad SMARTS) is 1. The van der Waals surface area contributed by atoms with Gasteiger partial charge in [0.2, 0.25) is 0 Å². The number of hydrogen-bond donors (Lipinski definition) is 2. The van der Waals surface area contributed by atoms with Crippen LogP contribution in [0.5, 0.6) is 0 Å². The van der Waals surface area contributed by atoms with E-state index in [0.717, 1.165) is 35.1 Å². The second kappa shape index (κ2) is 12.6. The normalized spacial score (nSPS) is 17.8. The van der Waals surface area contributed by atoms with Gasteiger partial charge in [-0.3, -0.25) is 4.99 Å². The predicted octanol–water partition coefficient (Wildman–Crippen LogP) is 6.91. The highest BCUT2D eigenvalue weighted by Crippen LogP contribution is 2.42. The maximum Gasteiger partial charge on any atom is 0.328 e. The minimum absolute atomic E-state index is 0.0147. The van der Waals surface area contributed by atoms with Crippen molar-refractivity contribution in [2.75, 3.05) is 11.4 Å². The number of aliphatic imine (C=N–C) groups is 1. The van der Waals surface area contributed by atoms with Crippen molar-refractivity contribution < 1.29 is 9.90 Å². The Balaban J connectivity index is 1.79. The molecule has 0 amide bonds. The van der Waals surface area contributed by atoms with Crippen LogP contribution in [-0.4, -0.2) is 29.9 Å². The van der Waals surface area contributed by atoms with Gasteiger partial charge in [0.05, 0.1) is 6.04 Å². The molecular weight excluding hydrogens is 482 g/mol. The lowest BCUT2D eigenvalue weighted by molar-refractivity contribution is -0.131. The van der Waals surface area contributed by atoms with Crippen molar-refractivity contribution in [3.05, 3.63) is 112 Å².